The monoisotopic (exact) mass is 277 g/mol. The first-order valence-electron chi connectivity index (χ1n) is 7.29. The van der Waals surface area contributed by atoms with Gasteiger partial charge in [0, 0.05) is 6.54 Å². The molecule has 1 aromatic rings. The van der Waals surface area contributed by atoms with E-state index in [2.05, 4.69) is 17.2 Å². The Labute approximate surface area is 119 Å². The lowest BCUT2D eigenvalue weighted by Gasteiger charge is -2.26. The number of hydrogen-bond donors (Lipinski definition) is 3. The van der Waals surface area contributed by atoms with Crippen molar-refractivity contribution in [3.8, 4) is 0 Å². The molecule has 0 radical (unpaired) electrons. The number of pyridine rings is 1. The molecule has 1 aliphatic rings. The molecule has 0 aliphatic heterocycles. The topological polar surface area (TPSA) is 88.2 Å². The van der Waals surface area contributed by atoms with Gasteiger partial charge in [0.25, 0.3) is 0 Å². The van der Waals surface area contributed by atoms with E-state index < -0.39 is 5.97 Å². The highest BCUT2D eigenvalue weighted by Gasteiger charge is 2.18. The molecule has 4 N–H and O–H groups in total. The van der Waals surface area contributed by atoms with Gasteiger partial charge in [0.1, 0.15) is 11.4 Å². The van der Waals surface area contributed by atoms with Crippen LogP contribution < -0.4 is 11.1 Å². The van der Waals surface area contributed by atoms with E-state index in [1.165, 1.54) is 37.9 Å². The highest BCUT2D eigenvalue weighted by Crippen LogP contribution is 2.30. The van der Waals surface area contributed by atoms with E-state index in [0.29, 0.717) is 11.5 Å². The second-order valence-electron chi connectivity index (χ2n) is 5.81. The average molecular weight is 277 g/mol. The number of nitrogens with zero attached hydrogens (tertiary/aromatic N) is 1. The van der Waals surface area contributed by atoms with Crippen molar-refractivity contribution in [1.29, 1.82) is 0 Å². The molecule has 0 unspecified atom stereocenters. The summed E-state index contributed by atoms with van der Waals surface area (Å²) in [6, 6.07) is 1.44. The first kappa shape index (κ1) is 14.6. The Morgan fingerprint density at radius 2 is 2.15 bits per heavy atom. The van der Waals surface area contributed by atoms with Crippen molar-refractivity contribution in [2.75, 3.05) is 17.6 Å². The van der Waals surface area contributed by atoms with E-state index in [-0.39, 0.29) is 5.56 Å². The van der Waals surface area contributed by atoms with Crippen molar-refractivity contribution >= 4 is 17.5 Å². The van der Waals surface area contributed by atoms with Gasteiger partial charge in [-0.1, -0.05) is 32.6 Å². The molecule has 1 fully saturated rings. The molecule has 5 heteroatoms. The van der Waals surface area contributed by atoms with E-state index in [0.717, 1.165) is 24.8 Å². The zero-order chi connectivity index (χ0) is 14.5. The summed E-state index contributed by atoms with van der Waals surface area (Å²) in [5, 5.41) is 12.3. The van der Waals surface area contributed by atoms with Crippen LogP contribution in [0, 0.1) is 11.8 Å². The van der Waals surface area contributed by atoms with Crippen LogP contribution >= 0.6 is 0 Å². The molecule has 2 rings (SSSR count). The fraction of sp³-hybridized carbons (Fsp3) is 0.600. The third-order valence-corrected chi connectivity index (χ3v) is 4.12. The summed E-state index contributed by atoms with van der Waals surface area (Å²) < 4.78 is 0. The van der Waals surface area contributed by atoms with Gasteiger partial charge in [-0.3, -0.25) is 0 Å². The van der Waals surface area contributed by atoms with Crippen LogP contribution in [0.2, 0.25) is 0 Å². The molecular weight excluding hydrogens is 254 g/mol. The SMILES string of the molecule is CC1CCC(CCNc2ncc(N)cc2C(=O)O)CC1. The number of aromatic carboxylic acids is 1. The van der Waals surface area contributed by atoms with Crippen LogP contribution in [0.25, 0.3) is 0 Å². The number of aromatic nitrogens is 1. The average Bonchev–Trinajstić information content (AvgIpc) is 2.42. The maximum Gasteiger partial charge on any atom is 0.339 e. The van der Waals surface area contributed by atoms with Gasteiger partial charge in [-0.2, -0.15) is 0 Å². The maximum absolute atomic E-state index is 11.1. The summed E-state index contributed by atoms with van der Waals surface area (Å²) in [5.41, 5.74) is 6.08. The molecule has 0 atom stereocenters. The van der Waals surface area contributed by atoms with Gasteiger partial charge in [-0.15, -0.1) is 0 Å². The van der Waals surface area contributed by atoms with Crippen molar-refractivity contribution < 1.29 is 9.90 Å². The van der Waals surface area contributed by atoms with Gasteiger partial charge >= 0.3 is 5.97 Å². The van der Waals surface area contributed by atoms with E-state index in [1.54, 1.807) is 0 Å². The molecule has 110 valence electrons. The lowest BCUT2D eigenvalue weighted by atomic mass is 9.81. The minimum absolute atomic E-state index is 0.141. The Hall–Kier alpha value is -1.78. The van der Waals surface area contributed by atoms with Crippen molar-refractivity contribution in [1.82, 2.24) is 4.98 Å². The maximum atomic E-state index is 11.1. The van der Waals surface area contributed by atoms with Crippen LogP contribution in [-0.4, -0.2) is 22.6 Å². The summed E-state index contributed by atoms with van der Waals surface area (Å²) >= 11 is 0. The Morgan fingerprint density at radius 3 is 2.80 bits per heavy atom. The summed E-state index contributed by atoms with van der Waals surface area (Å²) in [6.07, 6.45) is 7.73. The summed E-state index contributed by atoms with van der Waals surface area (Å²) in [4.78, 5) is 15.2. The summed E-state index contributed by atoms with van der Waals surface area (Å²) in [6.45, 7) is 3.07. The predicted octanol–water partition coefficient (Wildman–Crippen LogP) is 2.99. The zero-order valence-corrected chi connectivity index (χ0v) is 11.9. The number of nitrogens with two attached hydrogens (primary N) is 1. The van der Waals surface area contributed by atoms with Crippen LogP contribution in [0.3, 0.4) is 0 Å². The number of nitrogens with one attached hydrogen (secondary N) is 1. The Balaban J connectivity index is 1.86. The molecule has 1 aliphatic carbocycles. The summed E-state index contributed by atoms with van der Waals surface area (Å²) in [5.74, 6) is 1.02. The second-order valence-corrected chi connectivity index (χ2v) is 5.81. The van der Waals surface area contributed by atoms with Crippen LogP contribution in [0.15, 0.2) is 12.3 Å². The van der Waals surface area contributed by atoms with Gasteiger partial charge in [-0.05, 0) is 24.3 Å². The van der Waals surface area contributed by atoms with E-state index in [1.807, 2.05) is 0 Å². The number of anilines is 2. The number of nitrogen functional groups attached to an aromatic ring is 1. The third kappa shape index (κ3) is 3.85. The van der Waals surface area contributed by atoms with Crippen LogP contribution in [0.4, 0.5) is 11.5 Å². The molecule has 1 aromatic heterocycles. The predicted molar refractivity (Wildman–Crippen MR) is 79.8 cm³/mol. The lowest BCUT2D eigenvalue weighted by molar-refractivity contribution is 0.0697. The Morgan fingerprint density at radius 1 is 1.45 bits per heavy atom. The van der Waals surface area contributed by atoms with Crippen molar-refractivity contribution in [3.05, 3.63) is 17.8 Å². The molecule has 0 spiro atoms. The largest absolute Gasteiger partial charge is 0.478 e. The third-order valence-electron chi connectivity index (χ3n) is 4.12. The number of carbonyl (C=O) groups is 1. The molecule has 1 heterocycles. The van der Waals surface area contributed by atoms with Gasteiger partial charge in [0.2, 0.25) is 0 Å². The molecule has 5 nitrogen and oxygen atoms in total. The van der Waals surface area contributed by atoms with Crippen molar-refractivity contribution in [3.63, 3.8) is 0 Å². The number of carboxylic acid groups (broad SMARTS) is 1. The van der Waals surface area contributed by atoms with Gasteiger partial charge in [-0.25, -0.2) is 9.78 Å². The van der Waals surface area contributed by atoms with Crippen molar-refractivity contribution in [2.45, 2.75) is 39.0 Å². The van der Waals surface area contributed by atoms with E-state index >= 15 is 0 Å². The lowest BCUT2D eigenvalue weighted by Crippen LogP contribution is -2.17. The molecule has 0 aromatic carbocycles. The smallest absolute Gasteiger partial charge is 0.339 e. The standard InChI is InChI=1S/C15H23N3O2/c1-10-2-4-11(5-3-10)6-7-17-14-13(15(19)20)8-12(16)9-18-14/h8-11H,2-7,16H2,1H3,(H,17,18)(H,19,20). The summed E-state index contributed by atoms with van der Waals surface area (Å²) in [7, 11) is 0. The first-order chi connectivity index (χ1) is 9.56. The number of rotatable bonds is 5. The molecular formula is C15H23N3O2. The highest BCUT2D eigenvalue weighted by atomic mass is 16.4. The first-order valence-corrected chi connectivity index (χ1v) is 7.29. The Bertz CT molecular complexity index is 468. The van der Waals surface area contributed by atoms with Gasteiger partial charge in [0.15, 0.2) is 0 Å². The van der Waals surface area contributed by atoms with E-state index in [4.69, 9.17) is 10.8 Å². The number of carboxylic acids is 1. The molecule has 20 heavy (non-hydrogen) atoms. The quantitative estimate of drug-likeness (QED) is 0.770. The molecule has 0 bridgehead atoms. The molecule has 0 amide bonds. The zero-order valence-electron chi connectivity index (χ0n) is 11.9. The minimum Gasteiger partial charge on any atom is -0.478 e. The van der Waals surface area contributed by atoms with Gasteiger partial charge in [0.05, 0.1) is 11.9 Å². The van der Waals surface area contributed by atoms with Gasteiger partial charge < -0.3 is 16.2 Å². The highest BCUT2D eigenvalue weighted by molar-refractivity contribution is 5.94. The molecule has 0 saturated heterocycles. The van der Waals surface area contributed by atoms with Crippen LogP contribution in [-0.2, 0) is 0 Å². The van der Waals surface area contributed by atoms with Crippen molar-refractivity contribution in [2.24, 2.45) is 11.8 Å². The van der Waals surface area contributed by atoms with Crippen LogP contribution in [0.1, 0.15) is 49.4 Å². The minimum atomic E-state index is -1.00. The fourth-order valence-corrected chi connectivity index (χ4v) is 2.80. The van der Waals surface area contributed by atoms with Crippen LogP contribution in [0.5, 0.6) is 0 Å². The second kappa shape index (κ2) is 6.59. The fourth-order valence-electron chi connectivity index (χ4n) is 2.80. The Kier molecular flexibility index (Phi) is 4.82. The number of hydrogen-bond acceptors (Lipinski definition) is 4. The molecule has 1 saturated carbocycles. The van der Waals surface area contributed by atoms with E-state index in [9.17, 15) is 4.79 Å². The normalized spacial score (nSPS) is 22.4.